The fourth-order valence-electron chi connectivity index (χ4n) is 2.83. The molecule has 0 saturated heterocycles. The SMILES string of the molecule is CCOP(=O)(Cc1ccc2sc(C(=O)OCc3ccccc3)cc2c1)OCC. The molecular weight excluding hydrogens is 395 g/mol. The summed E-state index contributed by atoms with van der Waals surface area (Å²) in [5.74, 6) is -0.346. The minimum atomic E-state index is -3.16. The van der Waals surface area contributed by atoms with E-state index >= 15 is 0 Å². The summed E-state index contributed by atoms with van der Waals surface area (Å²) in [5, 5.41) is 0.911. The topological polar surface area (TPSA) is 61.8 Å². The van der Waals surface area contributed by atoms with Gasteiger partial charge < -0.3 is 13.8 Å². The second kappa shape index (κ2) is 9.48. The first-order chi connectivity index (χ1) is 13.5. The Hall–Kier alpha value is -1.98. The van der Waals surface area contributed by atoms with Crippen molar-refractivity contribution in [3.63, 3.8) is 0 Å². The summed E-state index contributed by atoms with van der Waals surface area (Å²) >= 11 is 1.38. The first-order valence-corrected chi connectivity index (χ1v) is 11.7. The molecule has 0 radical (unpaired) electrons. The summed E-state index contributed by atoms with van der Waals surface area (Å²) in [6, 6.07) is 17.1. The summed E-state index contributed by atoms with van der Waals surface area (Å²) in [5.41, 5.74) is 1.79. The number of benzene rings is 2. The molecule has 5 nitrogen and oxygen atoms in total. The monoisotopic (exact) mass is 418 g/mol. The van der Waals surface area contributed by atoms with Crippen molar-refractivity contribution in [2.75, 3.05) is 13.2 Å². The quantitative estimate of drug-likeness (QED) is 0.314. The predicted molar refractivity (Wildman–Crippen MR) is 112 cm³/mol. The van der Waals surface area contributed by atoms with Gasteiger partial charge in [-0.2, -0.15) is 0 Å². The molecule has 0 atom stereocenters. The van der Waals surface area contributed by atoms with E-state index in [4.69, 9.17) is 13.8 Å². The van der Waals surface area contributed by atoms with Gasteiger partial charge in [0.25, 0.3) is 0 Å². The Labute approximate surface area is 168 Å². The Morgan fingerprint density at radius 2 is 1.68 bits per heavy atom. The molecule has 1 aromatic heterocycles. The van der Waals surface area contributed by atoms with Crippen LogP contribution in [0.25, 0.3) is 10.1 Å². The predicted octanol–water partition coefficient (Wildman–Crippen LogP) is 6.02. The van der Waals surface area contributed by atoms with Crippen LogP contribution in [0.1, 0.15) is 34.6 Å². The third kappa shape index (κ3) is 5.30. The highest BCUT2D eigenvalue weighted by Gasteiger charge is 2.24. The number of carbonyl (C=O) groups excluding carboxylic acids is 1. The van der Waals surface area contributed by atoms with Crippen molar-refractivity contribution in [1.82, 2.24) is 0 Å². The molecule has 0 aliphatic heterocycles. The van der Waals surface area contributed by atoms with Crippen LogP contribution in [0, 0.1) is 0 Å². The van der Waals surface area contributed by atoms with E-state index in [9.17, 15) is 9.36 Å². The third-order valence-electron chi connectivity index (χ3n) is 4.02. The van der Waals surface area contributed by atoms with Gasteiger partial charge in [0.1, 0.15) is 11.5 Å². The first-order valence-electron chi connectivity index (χ1n) is 9.14. The van der Waals surface area contributed by atoms with Gasteiger partial charge in [-0.1, -0.05) is 36.4 Å². The molecule has 0 N–H and O–H groups in total. The van der Waals surface area contributed by atoms with Gasteiger partial charge in [0.15, 0.2) is 0 Å². The lowest BCUT2D eigenvalue weighted by molar-refractivity contribution is 0.0478. The van der Waals surface area contributed by atoms with Gasteiger partial charge in [-0.3, -0.25) is 4.57 Å². The van der Waals surface area contributed by atoms with E-state index in [2.05, 4.69) is 0 Å². The third-order valence-corrected chi connectivity index (χ3v) is 7.17. The molecule has 28 heavy (non-hydrogen) atoms. The van der Waals surface area contributed by atoms with Crippen molar-refractivity contribution in [3.8, 4) is 0 Å². The zero-order valence-electron chi connectivity index (χ0n) is 15.9. The molecule has 148 valence electrons. The second-order valence-electron chi connectivity index (χ2n) is 6.15. The first kappa shape index (κ1) is 20.7. The largest absolute Gasteiger partial charge is 0.457 e. The molecule has 0 bridgehead atoms. The maximum absolute atomic E-state index is 12.7. The zero-order valence-corrected chi connectivity index (χ0v) is 17.6. The van der Waals surface area contributed by atoms with Gasteiger partial charge in [0.2, 0.25) is 0 Å². The summed E-state index contributed by atoms with van der Waals surface area (Å²) in [7, 11) is -3.16. The molecule has 3 rings (SSSR count). The minimum absolute atomic E-state index is 0.203. The molecule has 0 fully saturated rings. The summed E-state index contributed by atoms with van der Waals surface area (Å²) in [6.07, 6.45) is 0.203. The number of fused-ring (bicyclic) bond motifs is 1. The van der Waals surface area contributed by atoms with Crippen molar-refractivity contribution in [2.24, 2.45) is 0 Å². The van der Waals surface area contributed by atoms with Gasteiger partial charge in [-0.05, 0) is 48.6 Å². The Bertz CT molecular complexity index is 973. The molecule has 0 saturated carbocycles. The lowest BCUT2D eigenvalue weighted by Crippen LogP contribution is -2.02. The maximum atomic E-state index is 12.7. The highest BCUT2D eigenvalue weighted by atomic mass is 32.1. The highest BCUT2D eigenvalue weighted by molar-refractivity contribution is 7.53. The summed E-state index contributed by atoms with van der Waals surface area (Å²) in [4.78, 5) is 12.9. The number of hydrogen-bond donors (Lipinski definition) is 0. The van der Waals surface area contributed by atoms with E-state index in [0.717, 1.165) is 21.2 Å². The Kier molecular flexibility index (Phi) is 7.03. The molecule has 2 aromatic carbocycles. The van der Waals surface area contributed by atoms with Gasteiger partial charge in [-0.15, -0.1) is 11.3 Å². The van der Waals surface area contributed by atoms with E-state index in [-0.39, 0.29) is 18.7 Å². The van der Waals surface area contributed by atoms with Crippen molar-refractivity contribution in [3.05, 3.63) is 70.6 Å². The average molecular weight is 418 g/mol. The number of carbonyl (C=O) groups is 1. The molecule has 0 spiro atoms. The normalized spacial score (nSPS) is 11.6. The standard InChI is InChI=1S/C21H23O5PS/c1-3-25-27(23,26-4-2)15-17-10-11-19-18(12-17)13-20(28-19)21(22)24-14-16-8-6-5-7-9-16/h5-13H,3-4,14-15H2,1-2H3. The number of rotatable bonds is 9. The molecule has 0 amide bonds. The van der Waals surface area contributed by atoms with E-state index in [1.54, 1.807) is 13.8 Å². The van der Waals surface area contributed by atoms with Crippen molar-refractivity contribution >= 4 is 35.0 Å². The Balaban J connectivity index is 1.73. The highest BCUT2D eigenvalue weighted by Crippen LogP contribution is 2.51. The number of esters is 1. The fraction of sp³-hybridized carbons (Fsp3) is 0.286. The van der Waals surface area contributed by atoms with Crippen molar-refractivity contribution < 1.29 is 23.1 Å². The van der Waals surface area contributed by atoms with Crippen LogP contribution in [0.5, 0.6) is 0 Å². The molecule has 0 aliphatic carbocycles. The van der Waals surface area contributed by atoms with Crippen LogP contribution in [0.4, 0.5) is 0 Å². The fourth-order valence-corrected chi connectivity index (χ4v) is 5.46. The molecule has 7 heteroatoms. The maximum Gasteiger partial charge on any atom is 0.348 e. The average Bonchev–Trinajstić information content (AvgIpc) is 3.10. The van der Waals surface area contributed by atoms with E-state index in [0.29, 0.717) is 18.1 Å². The number of ether oxygens (including phenoxy) is 1. The lowest BCUT2D eigenvalue weighted by Gasteiger charge is -2.16. The van der Waals surface area contributed by atoms with E-state index < -0.39 is 7.60 Å². The van der Waals surface area contributed by atoms with Crippen molar-refractivity contribution in [1.29, 1.82) is 0 Å². The van der Waals surface area contributed by atoms with Crippen LogP contribution in [0.15, 0.2) is 54.6 Å². The number of thiophene rings is 1. The van der Waals surface area contributed by atoms with Gasteiger partial charge >= 0.3 is 13.6 Å². The minimum Gasteiger partial charge on any atom is -0.457 e. The van der Waals surface area contributed by atoms with Crippen LogP contribution < -0.4 is 0 Å². The smallest absolute Gasteiger partial charge is 0.348 e. The Morgan fingerprint density at radius 3 is 2.36 bits per heavy atom. The molecule has 1 heterocycles. The van der Waals surface area contributed by atoms with Gasteiger partial charge in [0, 0.05) is 4.70 Å². The van der Waals surface area contributed by atoms with Crippen molar-refractivity contribution in [2.45, 2.75) is 26.6 Å². The lowest BCUT2D eigenvalue weighted by atomic mass is 10.2. The van der Waals surface area contributed by atoms with Crippen LogP contribution in [-0.2, 0) is 31.1 Å². The van der Waals surface area contributed by atoms with Crippen LogP contribution in [0.2, 0.25) is 0 Å². The molecule has 0 unspecified atom stereocenters. The summed E-state index contributed by atoms with van der Waals surface area (Å²) < 4.78 is 29.8. The van der Waals surface area contributed by atoms with E-state index in [1.807, 2.05) is 54.6 Å². The van der Waals surface area contributed by atoms with Gasteiger partial charge in [0.05, 0.1) is 19.4 Å². The Morgan fingerprint density at radius 1 is 0.964 bits per heavy atom. The second-order valence-corrected chi connectivity index (χ2v) is 9.29. The zero-order chi connectivity index (χ0) is 20.0. The van der Waals surface area contributed by atoms with E-state index in [1.165, 1.54) is 11.3 Å². The summed E-state index contributed by atoms with van der Waals surface area (Å²) in [6.45, 7) is 4.48. The van der Waals surface area contributed by atoms with Crippen LogP contribution in [-0.4, -0.2) is 19.2 Å². The van der Waals surface area contributed by atoms with Crippen LogP contribution >= 0.6 is 18.9 Å². The van der Waals surface area contributed by atoms with Gasteiger partial charge in [-0.25, -0.2) is 4.79 Å². The molecular formula is C21H23O5PS. The molecule has 0 aliphatic rings. The number of hydrogen-bond acceptors (Lipinski definition) is 6. The van der Waals surface area contributed by atoms with Crippen LogP contribution in [0.3, 0.4) is 0 Å². The molecule has 3 aromatic rings.